The fraction of sp³-hybridized carbons (Fsp3) is 0.100. The Labute approximate surface area is 70.9 Å². The first-order valence-electron chi connectivity index (χ1n) is 3.88. The van der Waals surface area contributed by atoms with Crippen molar-refractivity contribution in [2.24, 2.45) is 0 Å². The molecule has 1 unspecified atom stereocenters. The molecule has 2 heteroatoms. The number of carbonyl (C=O) groups is 1. The molecular weight excluding hydrogens is 150 g/mol. The molecule has 1 aliphatic rings. The molecule has 60 valence electrons. The average molecular weight is 159 g/mol. The van der Waals surface area contributed by atoms with Crippen molar-refractivity contribution >= 4 is 12.5 Å². The molecule has 2 nitrogen and oxygen atoms in total. The quantitative estimate of drug-likeness (QED) is 0.651. The molecule has 12 heavy (non-hydrogen) atoms. The highest BCUT2D eigenvalue weighted by molar-refractivity contribution is 5.64. The number of hydrogen-bond acceptors (Lipinski definition) is 1. The molecule has 0 radical (unpaired) electrons. The van der Waals surface area contributed by atoms with E-state index in [-0.39, 0.29) is 6.04 Å². The molecule has 1 atom stereocenters. The molecule has 0 bridgehead atoms. The Bertz CT molecular complexity index is 330. The monoisotopic (exact) mass is 159 g/mol. The lowest BCUT2D eigenvalue weighted by atomic mass is 10.1. The Morgan fingerprint density at radius 2 is 2.17 bits per heavy atom. The Kier molecular flexibility index (Phi) is 1.67. The van der Waals surface area contributed by atoms with Gasteiger partial charge in [-0.15, -0.1) is 0 Å². The van der Waals surface area contributed by atoms with E-state index in [1.165, 1.54) is 11.1 Å². The minimum Gasteiger partial charge on any atom is -0.348 e. The molecule has 1 aromatic carbocycles. The van der Waals surface area contributed by atoms with Gasteiger partial charge in [0.15, 0.2) is 0 Å². The van der Waals surface area contributed by atoms with Gasteiger partial charge < -0.3 is 5.32 Å². The van der Waals surface area contributed by atoms with Crippen molar-refractivity contribution in [2.75, 3.05) is 0 Å². The maximum absolute atomic E-state index is 10.2. The zero-order valence-corrected chi connectivity index (χ0v) is 6.53. The summed E-state index contributed by atoms with van der Waals surface area (Å²) in [6.07, 6.45) is 4.74. The lowest BCUT2D eigenvalue weighted by molar-refractivity contribution is -0.109. The van der Waals surface area contributed by atoms with Crippen molar-refractivity contribution in [3.8, 4) is 0 Å². The van der Waals surface area contributed by atoms with Crippen molar-refractivity contribution in [1.29, 1.82) is 0 Å². The highest BCUT2D eigenvalue weighted by Crippen LogP contribution is 2.26. The first-order valence-corrected chi connectivity index (χ1v) is 3.88. The van der Waals surface area contributed by atoms with E-state index >= 15 is 0 Å². The number of hydrogen-bond donors (Lipinski definition) is 1. The molecule has 2 rings (SSSR count). The van der Waals surface area contributed by atoms with Gasteiger partial charge >= 0.3 is 0 Å². The Morgan fingerprint density at radius 3 is 3.00 bits per heavy atom. The molecule has 1 amide bonds. The van der Waals surface area contributed by atoms with Gasteiger partial charge in [-0.2, -0.15) is 0 Å². The van der Waals surface area contributed by atoms with E-state index in [2.05, 4.69) is 5.32 Å². The maximum atomic E-state index is 10.2. The highest BCUT2D eigenvalue weighted by Gasteiger charge is 2.14. The van der Waals surface area contributed by atoms with E-state index in [4.69, 9.17) is 0 Å². The summed E-state index contributed by atoms with van der Waals surface area (Å²) in [5, 5.41) is 2.73. The smallest absolute Gasteiger partial charge is 0.207 e. The molecule has 0 heterocycles. The van der Waals surface area contributed by atoms with Gasteiger partial charge in [0.05, 0.1) is 6.04 Å². The minimum absolute atomic E-state index is 0.0682. The van der Waals surface area contributed by atoms with Crippen LogP contribution in [0, 0.1) is 0 Å². The number of amides is 1. The minimum atomic E-state index is 0.0682. The third-order valence-corrected chi connectivity index (χ3v) is 2.05. The predicted molar refractivity (Wildman–Crippen MR) is 47.4 cm³/mol. The van der Waals surface area contributed by atoms with Crippen LogP contribution in [0.25, 0.3) is 6.08 Å². The van der Waals surface area contributed by atoms with Gasteiger partial charge in [0.25, 0.3) is 0 Å². The van der Waals surface area contributed by atoms with Crippen LogP contribution in [0.4, 0.5) is 0 Å². The number of rotatable bonds is 2. The van der Waals surface area contributed by atoms with Crippen LogP contribution in [-0.2, 0) is 4.79 Å². The summed E-state index contributed by atoms with van der Waals surface area (Å²) in [6, 6.07) is 8.10. The Balaban J connectivity index is 2.35. The topological polar surface area (TPSA) is 29.1 Å². The SMILES string of the molecule is O=CNC1C=Cc2ccccc21. The van der Waals surface area contributed by atoms with Crippen molar-refractivity contribution in [3.05, 3.63) is 41.5 Å². The summed E-state index contributed by atoms with van der Waals surface area (Å²) < 4.78 is 0. The Hall–Kier alpha value is -1.57. The third kappa shape index (κ3) is 1.01. The van der Waals surface area contributed by atoms with E-state index in [9.17, 15) is 4.79 Å². The van der Waals surface area contributed by atoms with Crippen LogP contribution >= 0.6 is 0 Å². The van der Waals surface area contributed by atoms with Crippen LogP contribution < -0.4 is 5.32 Å². The maximum Gasteiger partial charge on any atom is 0.207 e. The van der Waals surface area contributed by atoms with Crippen LogP contribution in [0.15, 0.2) is 30.3 Å². The van der Waals surface area contributed by atoms with Crippen LogP contribution in [0.3, 0.4) is 0 Å². The van der Waals surface area contributed by atoms with Crippen molar-refractivity contribution in [1.82, 2.24) is 5.32 Å². The van der Waals surface area contributed by atoms with Crippen LogP contribution in [0.2, 0.25) is 0 Å². The standard InChI is InChI=1S/C10H9NO/c12-7-11-10-6-5-8-3-1-2-4-9(8)10/h1-7,10H,(H,11,12). The third-order valence-electron chi connectivity index (χ3n) is 2.05. The van der Waals surface area contributed by atoms with Gasteiger partial charge in [0.1, 0.15) is 0 Å². The molecule has 0 aliphatic heterocycles. The van der Waals surface area contributed by atoms with Crippen LogP contribution in [0.5, 0.6) is 0 Å². The second-order valence-electron chi connectivity index (χ2n) is 2.75. The summed E-state index contributed by atoms with van der Waals surface area (Å²) >= 11 is 0. The second kappa shape index (κ2) is 2.81. The molecule has 0 saturated heterocycles. The van der Waals surface area contributed by atoms with E-state index < -0.39 is 0 Å². The fourth-order valence-corrected chi connectivity index (χ4v) is 1.47. The van der Waals surface area contributed by atoms with E-state index in [0.717, 1.165) is 6.41 Å². The summed E-state index contributed by atoms with van der Waals surface area (Å²) in [5.41, 5.74) is 2.36. The first kappa shape index (κ1) is 7.10. The summed E-state index contributed by atoms with van der Waals surface area (Å²) in [4.78, 5) is 10.2. The molecule has 0 aromatic heterocycles. The molecule has 1 aromatic rings. The number of fused-ring (bicyclic) bond motifs is 1. The number of nitrogens with one attached hydrogen (secondary N) is 1. The van der Waals surface area contributed by atoms with Gasteiger partial charge in [-0.1, -0.05) is 36.4 Å². The molecule has 1 N–H and O–H groups in total. The molecule has 0 saturated carbocycles. The molecule has 0 spiro atoms. The molecule has 1 aliphatic carbocycles. The van der Waals surface area contributed by atoms with Crippen molar-refractivity contribution < 1.29 is 4.79 Å². The molecular formula is C10H9NO. The fourth-order valence-electron chi connectivity index (χ4n) is 1.47. The summed E-state index contributed by atoms with van der Waals surface area (Å²) in [7, 11) is 0. The lowest BCUT2D eigenvalue weighted by Gasteiger charge is -2.08. The van der Waals surface area contributed by atoms with Gasteiger partial charge in [-0.25, -0.2) is 0 Å². The largest absolute Gasteiger partial charge is 0.348 e. The normalized spacial score (nSPS) is 18.8. The van der Waals surface area contributed by atoms with Crippen LogP contribution in [-0.4, -0.2) is 6.41 Å². The number of benzene rings is 1. The van der Waals surface area contributed by atoms with E-state index in [0.29, 0.717) is 0 Å². The summed E-state index contributed by atoms with van der Waals surface area (Å²) in [5.74, 6) is 0. The van der Waals surface area contributed by atoms with Gasteiger partial charge in [0, 0.05) is 0 Å². The molecule has 0 fully saturated rings. The zero-order chi connectivity index (χ0) is 8.39. The van der Waals surface area contributed by atoms with Gasteiger partial charge in [-0.05, 0) is 11.1 Å². The van der Waals surface area contributed by atoms with Crippen molar-refractivity contribution in [2.45, 2.75) is 6.04 Å². The number of carbonyl (C=O) groups excluding carboxylic acids is 1. The van der Waals surface area contributed by atoms with Crippen molar-refractivity contribution in [3.63, 3.8) is 0 Å². The first-order chi connectivity index (χ1) is 5.92. The predicted octanol–water partition coefficient (Wildman–Crippen LogP) is 1.50. The highest BCUT2D eigenvalue weighted by atomic mass is 16.1. The van der Waals surface area contributed by atoms with E-state index in [1.54, 1.807) is 0 Å². The second-order valence-corrected chi connectivity index (χ2v) is 2.75. The van der Waals surface area contributed by atoms with Gasteiger partial charge in [-0.3, -0.25) is 4.79 Å². The van der Waals surface area contributed by atoms with Gasteiger partial charge in [0.2, 0.25) is 6.41 Å². The zero-order valence-electron chi connectivity index (χ0n) is 6.53. The van der Waals surface area contributed by atoms with Crippen LogP contribution in [0.1, 0.15) is 17.2 Å². The lowest BCUT2D eigenvalue weighted by Crippen LogP contribution is -2.15. The Morgan fingerprint density at radius 1 is 1.33 bits per heavy atom. The van der Waals surface area contributed by atoms with E-state index in [1.807, 2.05) is 36.4 Å². The average Bonchev–Trinajstić information content (AvgIpc) is 2.50. The summed E-state index contributed by atoms with van der Waals surface area (Å²) in [6.45, 7) is 0.